The Hall–Kier alpha value is -3.62. The van der Waals surface area contributed by atoms with Gasteiger partial charge in [0.1, 0.15) is 17.3 Å². The lowest BCUT2D eigenvalue weighted by Gasteiger charge is -2.11. The average molecular weight is 408 g/mol. The Bertz CT molecular complexity index is 1010. The summed E-state index contributed by atoms with van der Waals surface area (Å²) in [4.78, 5) is 21.3. The number of anilines is 2. The normalized spacial score (nSPS) is 13.0. The highest BCUT2D eigenvalue weighted by molar-refractivity contribution is 6.04. The van der Waals surface area contributed by atoms with E-state index in [4.69, 9.17) is 9.47 Å². The van der Waals surface area contributed by atoms with Crippen LogP contribution in [0.15, 0.2) is 42.9 Å². The van der Waals surface area contributed by atoms with E-state index < -0.39 is 0 Å². The number of benzene rings is 1. The zero-order valence-electron chi connectivity index (χ0n) is 17.0. The average Bonchev–Trinajstić information content (AvgIpc) is 3.48. The van der Waals surface area contributed by atoms with Crippen LogP contribution in [0, 0.1) is 5.92 Å². The molecule has 0 aliphatic heterocycles. The Labute approximate surface area is 174 Å². The molecule has 9 nitrogen and oxygen atoms in total. The van der Waals surface area contributed by atoms with Crippen LogP contribution in [0.1, 0.15) is 30.1 Å². The molecule has 2 heterocycles. The molecule has 0 atom stereocenters. The molecule has 1 aliphatic rings. The van der Waals surface area contributed by atoms with Crippen molar-refractivity contribution >= 4 is 17.5 Å². The number of carbonyl (C=O) groups is 1. The Morgan fingerprint density at radius 3 is 2.67 bits per heavy atom. The van der Waals surface area contributed by atoms with Crippen molar-refractivity contribution in [3.8, 4) is 17.4 Å². The lowest BCUT2D eigenvalue weighted by atomic mass is 10.2. The predicted molar refractivity (Wildman–Crippen MR) is 112 cm³/mol. The molecule has 1 fully saturated rings. The van der Waals surface area contributed by atoms with Crippen LogP contribution in [-0.4, -0.2) is 38.8 Å². The van der Waals surface area contributed by atoms with E-state index in [1.807, 2.05) is 6.92 Å². The number of amides is 1. The van der Waals surface area contributed by atoms with Crippen LogP contribution in [-0.2, 0) is 7.05 Å². The standard InChI is InChI=1S/C21H24N6O3/c1-3-29-16-8-15(21(28)25-18-6-7-27(2)26-18)9-17(10-16)30-20-13-23-19(12-24-20)22-11-14-4-5-14/h6-10,12-14H,3-5,11H2,1-2H3,(H,22,23)(H,25,26,28). The van der Waals surface area contributed by atoms with Crippen LogP contribution >= 0.6 is 0 Å². The fourth-order valence-corrected chi connectivity index (χ4v) is 2.83. The molecular weight excluding hydrogens is 384 g/mol. The monoisotopic (exact) mass is 408 g/mol. The number of aromatic nitrogens is 4. The molecule has 0 unspecified atom stereocenters. The van der Waals surface area contributed by atoms with Crippen LogP contribution < -0.4 is 20.1 Å². The van der Waals surface area contributed by atoms with E-state index in [0.717, 1.165) is 12.5 Å². The highest BCUT2D eigenvalue weighted by Crippen LogP contribution is 2.29. The lowest BCUT2D eigenvalue weighted by molar-refractivity contribution is 0.102. The predicted octanol–water partition coefficient (Wildman–Crippen LogP) is 3.48. The molecule has 0 bridgehead atoms. The first kappa shape index (κ1) is 19.7. The number of aryl methyl sites for hydroxylation is 1. The molecule has 2 N–H and O–H groups in total. The van der Waals surface area contributed by atoms with Gasteiger partial charge in [0.2, 0.25) is 5.88 Å². The molecule has 1 aromatic carbocycles. The molecule has 1 aliphatic carbocycles. The zero-order chi connectivity index (χ0) is 20.9. The van der Waals surface area contributed by atoms with Crippen molar-refractivity contribution in [3.05, 3.63) is 48.4 Å². The minimum atomic E-state index is -0.314. The molecule has 1 saturated carbocycles. The molecule has 0 spiro atoms. The van der Waals surface area contributed by atoms with Crippen molar-refractivity contribution in [1.29, 1.82) is 0 Å². The quantitative estimate of drug-likeness (QED) is 0.559. The summed E-state index contributed by atoms with van der Waals surface area (Å²) < 4.78 is 13.0. The maximum Gasteiger partial charge on any atom is 0.257 e. The van der Waals surface area contributed by atoms with Gasteiger partial charge in [-0.25, -0.2) is 9.97 Å². The minimum Gasteiger partial charge on any atom is -0.494 e. The van der Waals surface area contributed by atoms with E-state index >= 15 is 0 Å². The summed E-state index contributed by atoms with van der Waals surface area (Å²) in [6, 6.07) is 6.71. The summed E-state index contributed by atoms with van der Waals surface area (Å²) in [6.45, 7) is 3.26. The van der Waals surface area contributed by atoms with Gasteiger partial charge >= 0.3 is 0 Å². The minimum absolute atomic E-state index is 0.314. The molecule has 156 valence electrons. The van der Waals surface area contributed by atoms with Gasteiger partial charge in [0.25, 0.3) is 5.91 Å². The second-order valence-electron chi connectivity index (χ2n) is 7.12. The van der Waals surface area contributed by atoms with Crippen molar-refractivity contribution < 1.29 is 14.3 Å². The second kappa shape index (κ2) is 8.81. The number of rotatable bonds is 9. The van der Waals surface area contributed by atoms with Crippen LogP contribution in [0.5, 0.6) is 17.4 Å². The van der Waals surface area contributed by atoms with E-state index in [0.29, 0.717) is 41.2 Å². The molecule has 2 aromatic heterocycles. The van der Waals surface area contributed by atoms with Gasteiger partial charge in [-0.15, -0.1) is 0 Å². The first-order valence-corrected chi connectivity index (χ1v) is 9.91. The van der Waals surface area contributed by atoms with Gasteiger partial charge in [-0.1, -0.05) is 0 Å². The van der Waals surface area contributed by atoms with Gasteiger partial charge in [-0.2, -0.15) is 5.10 Å². The van der Waals surface area contributed by atoms with Crippen molar-refractivity contribution in [3.63, 3.8) is 0 Å². The number of nitrogens with one attached hydrogen (secondary N) is 2. The third kappa shape index (κ3) is 5.25. The Morgan fingerprint density at radius 1 is 1.17 bits per heavy atom. The molecule has 4 rings (SSSR count). The van der Waals surface area contributed by atoms with Crippen LogP contribution in [0.3, 0.4) is 0 Å². The fourth-order valence-electron chi connectivity index (χ4n) is 2.83. The summed E-state index contributed by atoms with van der Waals surface area (Å²) in [5, 5.41) is 10.2. The van der Waals surface area contributed by atoms with E-state index in [1.54, 1.807) is 54.6 Å². The van der Waals surface area contributed by atoms with Crippen LogP contribution in [0.2, 0.25) is 0 Å². The second-order valence-corrected chi connectivity index (χ2v) is 7.12. The van der Waals surface area contributed by atoms with Gasteiger partial charge in [0.15, 0.2) is 5.82 Å². The Kier molecular flexibility index (Phi) is 5.78. The summed E-state index contributed by atoms with van der Waals surface area (Å²) in [5.74, 6) is 2.90. The smallest absolute Gasteiger partial charge is 0.257 e. The molecular formula is C21H24N6O3. The van der Waals surface area contributed by atoms with E-state index in [9.17, 15) is 4.79 Å². The van der Waals surface area contributed by atoms with Crippen molar-refractivity contribution in [2.24, 2.45) is 13.0 Å². The van der Waals surface area contributed by atoms with Gasteiger partial charge in [0, 0.05) is 37.5 Å². The number of hydrogen-bond acceptors (Lipinski definition) is 7. The Morgan fingerprint density at radius 2 is 2.00 bits per heavy atom. The maximum absolute atomic E-state index is 12.7. The van der Waals surface area contributed by atoms with Crippen molar-refractivity contribution in [1.82, 2.24) is 19.7 Å². The van der Waals surface area contributed by atoms with E-state index in [2.05, 4.69) is 25.7 Å². The van der Waals surface area contributed by atoms with Crippen LogP contribution in [0.4, 0.5) is 11.6 Å². The SMILES string of the molecule is CCOc1cc(Oc2cnc(NCC3CC3)cn2)cc(C(=O)Nc2ccn(C)n2)c1. The zero-order valence-corrected chi connectivity index (χ0v) is 17.0. The van der Waals surface area contributed by atoms with Crippen molar-refractivity contribution in [2.75, 3.05) is 23.8 Å². The summed E-state index contributed by atoms with van der Waals surface area (Å²) >= 11 is 0. The third-order valence-corrected chi connectivity index (χ3v) is 4.53. The van der Waals surface area contributed by atoms with Gasteiger partial charge < -0.3 is 20.1 Å². The molecule has 9 heteroatoms. The first-order chi connectivity index (χ1) is 14.6. The van der Waals surface area contributed by atoms with E-state index in [-0.39, 0.29) is 5.91 Å². The molecule has 1 amide bonds. The lowest BCUT2D eigenvalue weighted by Crippen LogP contribution is -2.13. The molecule has 3 aromatic rings. The topological polar surface area (TPSA) is 103 Å². The Balaban J connectivity index is 1.47. The fraction of sp³-hybridized carbons (Fsp3) is 0.333. The molecule has 0 radical (unpaired) electrons. The number of carbonyl (C=O) groups excluding carboxylic acids is 1. The number of nitrogens with zero attached hydrogens (tertiary/aromatic N) is 4. The van der Waals surface area contributed by atoms with Gasteiger partial charge in [-0.05, 0) is 37.8 Å². The maximum atomic E-state index is 12.7. The number of ether oxygens (including phenoxy) is 2. The highest BCUT2D eigenvalue weighted by atomic mass is 16.5. The van der Waals surface area contributed by atoms with Crippen LogP contribution in [0.25, 0.3) is 0 Å². The van der Waals surface area contributed by atoms with Crippen molar-refractivity contribution in [2.45, 2.75) is 19.8 Å². The molecule has 0 saturated heterocycles. The summed E-state index contributed by atoms with van der Waals surface area (Å²) in [5.41, 5.74) is 0.386. The summed E-state index contributed by atoms with van der Waals surface area (Å²) in [7, 11) is 1.78. The first-order valence-electron chi connectivity index (χ1n) is 9.91. The van der Waals surface area contributed by atoms with E-state index in [1.165, 1.54) is 12.8 Å². The third-order valence-electron chi connectivity index (χ3n) is 4.53. The summed E-state index contributed by atoms with van der Waals surface area (Å²) in [6.07, 6.45) is 7.49. The highest BCUT2D eigenvalue weighted by Gasteiger charge is 2.20. The van der Waals surface area contributed by atoms with Gasteiger partial charge in [0.05, 0.1) is 19.0 Å². The largest absolute Gasteiger partial charge is 0.494 e. The molecule has 30 heavy (non-hydrogen) atoms. The van der Waals surface area contributed by atoms with Gasteiger partial charge in [-0.3, -0.25) is 9.48 Å². The number of hydrogen-bond donors (Lipinski definition) is 2.